The largest absolute Gasteiger partial charge is 0.348 e. The molecule has 0 aromatic carbocycles. The number of aromatic nitrogens is 2. The lowest BCUT2D eigenvalue weighted by atomic mass is 9.95. The summed E-state index contributed by atoms with van der Waals surface area (Å²) in [6, 6.07) is 0. The maximum absolute atomic E-state index is 11.9. The predicted octanol–water partition coefficient (Wildman–Crippen LogP) is 1.50. The van der Waals surface area contributed by atoms with Gasteiger partial charge >= 0.3 is 0 Å². The summed E-state index contributed by atoms with van der Waals surface area (Å²) in [6.07, 6.45) is 5.60. The first kappa shape index (κ1) is 12.3. The Morgan fingerprint density at radius 1 is 1.65 bits per heavy atom. The van der Waals surface area contributed by atoms with Crippen LogP contribution >= 0.6 is 0 Å². The molecule has 0 saturated carbocycles. The third kappa shape index (κ3) is 3.16. The van der Waals surface area contributed by atoms with Crippen LogP contribution in [0.5, 0.6) is 0 Å². The third-order valence-electron chi connectivity index (χ3n) is 3.50. The van der Waals surface area contributed by atoms with E-state index in [1.165, 1.54) is 5.69 Å². The van der Waals surface area contributed by atoms with Gasteiger partial charge in [0.2, 0.25) is 0 Å². The zero-order chi connectivity index (χ0) is 12.3. The van der Waals surface area contributed by atoms with Crippen LogP contribution in [0.2, 0.25) is 0 Å². The minimum Gasteiger partial charge on any atom is -0.348 e. The number of hydrogen-bond acceptors (Lipinski definition) is 3. The molecule has 1 aromatic heterocycles. The second-order valence-corrected chi connectivity index (χ2v) is 5.17. The summed E-state index contributed by atoms with van der Waals surface area (Å²) in [4.78, 5) is 21.4. The Balaban J connectivity index is 1.76. The molecule has 94 valence electrons. The molecule has 1 N–H and O–H groups in total. The minimum atomic E-state index is 0.174. The highest BCUT2D eigenvalue weighted by Crippen LogP contribution is 2.20. The molecule has 17 heavy (non-hydrogen) atoms. The van der Waals surface area contributed by atoms with Crippen molar-refractivity contribution >= 4 is 5.78 Å². The summed E-state index contributed by atoms with van der Waals surface area (Å²) in [6.45, 7) is 7.00. The van der Waals surface area contributed by atoms with Crippen LogP contribution in [-0.2, 0) is 11.2 Å². The van der Waals surface area contributed by atoms with E-state index in [9.17, 15) is 4.79 Å². The number of likely N-dealkylation sites (tertiary alicyclic amines) is 1. The van der Waals surface area contributed by atoms with Crippen molar-refractivity contribution in [3.63, 3.8) is 0 Å². The topological polar surface area (TPSA) is 49.0 Å². The van der Waals surface area contributed by atoms with Gasteiger partial charge in [0.05, 0.1) is 6.33 Å². The summed E-state index contributed by atoms with van der Waals surface area (Å²) in [5.74, 6) is 0.860. The van der Waals surface area contributed by atoms with Crippen molar-refractivity contribution in [3.8, 4) is 0 Å². The molecule has 1 fully saturated rings. The highest BCUT2D eigenvalue weighted by atomic mass is 16.1. The molecule has 4 heteroatoms. The average molecular weight is 235 g/mol. The first-order chi connectivity index (χ1) is 8.16. The van der Waals surface area contributed by atoms with Gasteiger partial charge < -0.3 is 9.88 Å². The van der Waals surface area contributed by atoms with Crippen LogP contribution in [-0.4, -0.2) is 40.3 Å². The second-order valence-electron chi connectivity index (χ2n) is 5.17. The fourth-order valence-electron chi connectivity index (χ4n) is 2.44. The molecular formula is C13H21N3O. The Kier molecular flexibility index (Phi) is 3.94. The summed E-state index contributed by atoms with van der Waals surface area (Å²) < 4.78 is 0. The number of Topliss-reactive ketones (excluding diaryl/α,β-unsaturated/α-hetero) is 1. The van der Waals surface area contributed by atoms with E-state index < -0.39 is 0 Å². The molecular weight excluding hydrogens is 214 g/mol. The molecule has 1 atom stereocenters. The zero-order valence-electron chi connectivity index (χ0n) is 10.6. The van der Waals surface area contributed by atoms with Crippen LogP contribution in [0.4, 0.5) is 0 Å². The normalized spacial score (nSPS) is 21.2. The van der Waals surface area contributed by atoms with E-state index in [0.717, 1.165) is 32.5 Å². The van der Waals surface area contributed by atoms with Crippen molar-refractivity contribution in [3.05, 3.63) is 18.2 Å². The van der Waals surface area contributed by atoms with E-state index in [-0.39, 0.29) is 11.8 Å². The van der Waals surface area contributed by atoms with Gasteiger partial charge in [-0.05, 0) is 13.0 Å². The van der Waals surface area contributed by atoms with Gasteiger partial charge in [-0.3, -0.25) is 4.79 Å². The van der Waals surface area contributed by atoms with Crippen molar-refractivity contribution < 1.29 is 4.79 Å². The molecule has 1 aliphatic heterocycles. The molecule has 2 rings (SSSR count). The highest BCUT2D eigenvalue weighted by molar-refractivity contribution is 5.83. The summed E-state index contributed by atoms with van der Waals surface area (Å²) >= 11 is 0. The molecule has 4 nitrogen and oxygen atoms in total. The molecule has 1 aromatic rings. The van der Waals surface area contributed by atoms with E-state index in [2.05, 4.69) is 14.9 Å². The van der Waals surface area contributed by atoms with Gasteiger partial charge in [-0.15, -0.1) is 0 Å². The number of ketones is 1. The van der Waals surface area contributed by atoms with Gasteiger partial charge in [-0.2, -0.15) is 0 Å². The first-order valence-corrected chi connectivity index (χ1v) is 6.40. The van der Waals surface area contributed by atoms with E-state index in [4.69, 9.17) is 0 Å². The molecule has 1 aliphatic rings. The van der Waals surface area contributed by atoms with Crippen LogP contribution in [0, 0.1) is 11.8 Å². The number of aromatic amines is 1. The number of H-pyrrole nitrogens is 1. The lowest BCUT2D eigenvalue weighted by Gasteiger charge is -2.15. The number of rotatable bonds is 5. The molecule has 0 radical (unpaired) electrons. The van der Waals surface area contributed by atoms with Crippen LogP contribution < -0.4 is 0 Å². The molecule has 0 aliphatic carbocycles. The maximum Gasteiger partial charge on any atom is 0.139 e. The van der Waals surface area contributed by atoms with Gasteiger partial charge in [0, 0.05) is 43.2 Å². The molecule has 2 heterocycles. The lowest BCUT2D eigenvalue weighted by molar-refractivity contribution is -0.125. The fourth-order valence-corrected chi connectivity index (χ4v) is 2.44. The second kappa shape index (κ2) is 5.45. The van der Waals surface area contributed by atoms with Gasteiger partial charge in [0.1, 0.15) is 5.78 Å². The van der Waals surface area contributed by atoms with Crippen LogP contribution in [0.15, 0.2) is 12.5 Å². The zero-order valence-corrected chi connectivity index (χ0v) is 10.6. The van der Waals surface area contributed by atoms with E-state index in [1.54, 1.807) is 6.33 Å². The number of nitrogens with one attached hydrogen (secondary N) is 1. The van der Waals surface area contributed by atoms with Gasteiger partial charge in [-0.1, -0.05) is 13.8 Å². The minimum absolute atomic E-state index is 0.174. The molecule has 0 spiro atoms. The lowest BCUT2D eigenvalue weighted by Crippen LogP contribution is -2.27. The Labute approximate surface area is 102 Å². The van der Waals surface area contributed by atoms with Crippen LogP contribution in [0.1, 0.15) is 26.0 Å². The SMILES string of the molecule is CC(C)C(=O)C1CCN(CCc2cnc[nH]2)C1. The van der Waals surface area contributed by atoms with Crippen LogP contribution in [0.25, 0.3) is 0 Å². The van der Waals surface area contributed by atoms with Crippen molar-refractivity contribution in [2.24, 2.45) is 11.8 Å². The highest BCUT2D eigenvalue weighted by Gasteiger charge is 2.28. The average Bonchev–Trinajstić information content (AvgIpc) is 2.96. The quantitative estimate of drug-likeness (QED) is 0.841. The maximum atomic E-state index is 11.9. The Morgan fingerprint density at radius 2 is 2.47 bits per heavy atom. The van der Waals surface area contributed by atoms with Crippen LogP contribution in [0.3, 0.4) is 0 Å². The number of hydrogen-bond donors (Lipinski definition) is 1. The Hall–Kier alpha value is -1.16. The van der Waals surface area contributed by atoms with Gasteiger partial charge in [-0.25, -0.2) is 4.98 Å². The van der Waals surface area contributed by atoms with Crippen molar-refractivity contribution in [1.82, 2.24) is 14.9 Å². The number of nitrogens with zero attached hydrogens (tertiary/aromatic N) is 2. The number of carbonyl (C=O) groups excluding carboxylic acids is 1. The standard InChI is InChI=1S/C13H21N3O/c1-10(2)13(17)11-3-5-16(8-11)6-4-12-7-14-9-15-12/h7,9-11H,3-6,8H2,1-2H3,(H,14,15). The molecule has 1 unspecified atom stereocenters. The summed E-state index contributed by atoms with van der Waals surface area (Å²) in [5.41, 5.74) is 1.17. The predicted molar refractivity (Wildman–Crippen MR) is 66.7 cm³/mol. The Bertz CT molecular complexity index is 359. The smallest absolute Gasteiger partial charge is 0.139 e. The summed E-state index contributed by atoms with van der Waals surface area (Å²) in [7, 11) is 0. The van der Waals surface area contributed by atoms with Crippen molar-refractivity contribution in [2.75, 3.05) is 19.6 Å². The number of carbonyl (C=O) groups is 1. The van der Waals surface area contributed by atoms with E-state index in [0.29, 0.717) is 5.78 Å². The van der Waals surface area contributed by atoms with Gasteiger partial charge in [0.15, 0.2) is 0 Å². The number of imidazole rings is 1. The van der Waals surface area contributed by atoms with E-state index >= 15 is 0 Å². The molecule has 0 amide bonds. The summed E-state index contributed by atoms with van der Waals surface area (Å²) in [5, 5.41) is 0. The third-order valence-corrected chi connectivity index (χ3v) is 3.50. The van der Waals surface area contributed by atoms with E-state index in [1.807, 2.05) is 20.0 Å². The van der Waals surface area contributed by atoms with Crippen molar-refractivity contribution in [1.29, 1.82) is 0 Å². The molecule has 0 bridgehead atoms. The first-order valence-electron chi connectivity index (χ1n) is 6.40. The molecule has 1 saturated heterocycles. The monoisotopic (exact) mass is 235 g/mol. The van der Waals surface area contributed by atoms with Crippen molar-refractivity contribution in [2.45, 2.75) is 26.7 Å². The Morgan fingerprint density at radius 3 is 3.12 bits per heavy atom. The fraction of sp³-hybridized carbons (Fsp3) is 0.692. The van der Waals surface area contributed by atoms with Gasteiger partial charge in [0.25, 0.3) is 0 Å².